The Labute approximate surface area is 135 Å². The van der Waals surface area contributed by atoms with E-state index in [1.54, 1.807) is 12.3 Å². The molecule has 1 aliphatic rings. The number of carbonyl (C=O) groups is 1. The molecule has 3 rings (SSSR count). The van der Waals surface area contributed by atoms with E-state index in [4.69, 9.17) is 0 Å². The van der Waals surface area contributed by atoms with Crippen molar-refractivity contribution in [2.45, 2.75) is 57.9 Å². The van der Waals surface area contributed by atoms with Crippen molar-refractivity contribution in [3.8, 4) is 0 Å². The summed E-state index contributed by atoms with van der Waals surface area (Å²) < 4.78 is 1.45. The van der Waals surface area contributed by atoms with Crippen molar-refractivity contribution in [3.63, 3.8) is 0 Å². The van der Waals surface area contributed by atoms with Gasteiger partial charge in [-0.15, -0.1) is 0 Å². The van der Waals surface area contributed by atoms with E-state index in [1.807, 2.05) is 13.0 Å². The Morgan fingerprint density at radius 3 is 2.65 bits per heavy atom. The van der Waals surface area contributed by atoms with Crippen LogP contribution in [0.5, 0.6) is 0 Å². The van der Waals surface area contributed by atoms with Gasteiger partial charge in [0.05, 0.1) is 0 Å². The molecule has 5 nitrogen and oxygen atoms in total. The Bertz CT molecular complexity index is 758. The minimum atomic E-state index is -0.304. The molecule has 2 heterocycles. The summed E-state index contributed by atoms with van der Waals surface area (Å²) in [4.78, 5) is 29.3. The van der Waals surface area contributed by atoms with Crippen molar-refractivity contribution in [3.05, 3.63) is 46.0 Å². The third-order valence-electron chi connectivity index (χ3n) is 4.61. The first-order valence-corrected chi connectivity index (χ1v) is 8.44. The number of amides is 1. The van der Waals surface area contributed by atoms with E-state index in [-0.39, 0.29) is 23.1 Å². The molecule has 0 spiro atoms. The fraction of sp³-hybridized carbons (Fsp3) is 0.500. The van der Waals surface area contributed by atoms with Gasteiger partial charge in [-0.2, -0.15) is 0 Å². The molecule has 1 fully saturated rings. The Kier molecular flexibility index (Phi) is 4.74. The molecule has 1 aliphatic carbocycles. The number of nitrogens with one attached hydrogen (secondary N) is 1. The van der Waals surface area contributed by atoms with Crippen molar-refractivity contribution in [2.24, 2.45) is 0 Å². The van der Waals surface area contributed by atoms with Crippen LogP contribution in [0.4, 0.5) is 0 Å². The molecule has 1 amide bonds. The van der Waals surface area contributed by atoms with Gasteiger partial charge in [0.2, 0.25) is 0 Å². The molecule has 23 heavy (non-hydrogen) atoms. The molecule has 1 N–H and O–H groups in total. The lowest BCUT2D eigenvalue weighted by atomic mass is 9.96. The SMILES string of the molecule is Cc1cccn2c(=O)c(C(=O)NC3CCCCCCC3)cnc12. The van der Waals surface area contributed by atoms with E-state index in [0.29, 0.717) is 5.65 Å². The second-order valence-corrected chi connectivity index (χ2v) is 6.38. The highest BCUT2D eigenvalue weighted by atomic mass is 16.2. The van der Waals surface area contributed by atoms with Gasteiger partial charge in [0, 0.05) is 18.4 Å². The molecule has 0 aromatic carbocycles. The number of aromatic nitrogens is 2. The van der Waals surface area contributed by atoms with Crippen LogP contribution in [-0.2, 0) is 0 Å². The van der Waals surface area contributed by atoms with Gasteiger partial charge >= 0.3 is 0 Å². The van der Waals surface area contributed by atoms with Crippen LogP contribution in [0.1, 0.15) is 60.9 Å². The number of nitrogens with zero attached hydrogens (tertiary/aromatic N) is 2. The second kappa shape index (κ2) is 6.94. The number of pyridine rings is 1. The first-order chi connectivity index (χ1) is 11.2. The molecule has 0 saturated heterocycles. The van der Waals surface area contributed by atoms with Crippen LogP contribution in [-0.4, -0.2) is 21.3 Å². The molecule has 0 unspecified atom stereocenters. The Morgan fingerprint density at radius 2 is 1.91 bits per heavy atom. The second-order valence-electron chi connectivity index (χ2n) is 6.38. The number of carbonyl (C=O) groups excluding carboxylic acids is 1. The van der Waals surface area contributed by atoms with E-state index < -0.39 is 0 Å². The van der Waals surface area contributed by atoms with Crippen LogP contribution in [0.25, 0.3) is 5.65 Å². The molecule has 0 aliphatic heterocycles. The van der Waals surface area contributed by atoms with Gasteiger partial charge < -0.3 is 5.32 Å². The maximum Gasteiger partial charge on any atom is 0.270 e. The third kappa shape index (κ3) is 3.44. The monoisotopic (exact) mass is 313 g/mol. The van der Waals surface area contributed by atoms with E-state index >= 15 is 0 Å². The highest BCUT2D eigenvalue weighted by molar-refractivity contribution is 5.93. The van der Waals surface area contributed by atoms with Gasteiger partial charge in [0.1, 0.15) is 11.2 Å². The summed E-state index contributed by atoms with van der Waals surface area (Å²) >= 11 is 0. The normalized spacial score (nSPS) is 16.7. The lowest BCUT2D eigenvalue weighted by Gasteiger charge is -2.20. The van der Waals surface area contributed by atoms with Crippen molar-refractivity contribution < 1.29 is 4.79 Å². The van der Waals surface area contributed by atoms with E-state index in [9.17, 15) is 9.59 Å². The van der Waals surface area contributed by atoms with Crippen LogP contribution >= 0.6 is 0 Å². The summed E-state index contributed by atoms with van der Waals surface area (Å²) in [5.74, 6) is -0.302. The van der Waals surface area contributed by atoms with Gasteiger partial charge in [-0.25, -0.2) is 4.98 Å². The molecule has 0 bridgehead atoms. The Morgan fingerprint density at radius 1 is 1.22 bits per heavy atom. The zero-order chi connectivity index (χ0) is 16.2. The fourth-order valence-electron chi connectivity index (χ4n) is 3.27. The molecule has 0 radical (unpaired) electrons. The van der Waals surface area contributed by atoms with Crippen LogP contribution in [0, 0.1) is 6.92 Å². The number of aryl methyl sites for hydroxylation is 1. The predicted octanol–water partition coefficient (Wildman–Crippen LogP) is 2.85. The summed E-state index contributed by atoms with van der Waals surface area (Å²) in [5, 5.41) is 3.03. The van der Waals surface area contributed by atoms with Crippen molar-refractivity contribution in [1.29, 1.82) is 0 Å². The average Bonchev–Trinajstić information content (AvgIpc) is 2.51. The fourth-order valence-corrected chi connectivity index (χ4v) is 3.27. The van der Waals surface area contributed by atoms with Gasteiger partial charge in [-0.1, -0.05) is 38.2 Å². The maximum atomic E-state index is 12.5. The van der Waals surface area contributed by atoms with Crippen LogP contribution in [0.2, 0.25) is 0 Å². The Balaban J connectivity index is 1.83. The Hall–Kier alpha value is -2.17. The number of hydrogen-bond donors (Lipinski definition) is 1. The molecule has 2 aromatic heterocycles. The predicted molar refractivity (Wildman–Crippen MR) is 89.8 cm³/mol. The topological polar surface area (TPSA) is 63.5 Å². The molecule has 5 heteroatoms. The molecule has 2 aromatic rings. The van der Waals surface area contributed by atoms with Gasteiger partial charge in [-0.3, -0.25) is 14.0 Å². The first kappa shape index (κ1) is 15.7. The quantitative estimate of drug-likeness (QED) is 0.927. The van der Waals surface area contributed by atoms with E-state index in [1.165, 1.54) is 29.9 Å². The molecule has 1 saturated carbocycles. The number of rotatable bonds is 2. The van der Waals surface area contributed by atoms with Gasteiger partial charge in [0.25, 0.3) is 11.5 Å². The molecular formula is C18H23N3O2. The minimum Gasteiger partial charge on any atom is -0.349 e. The first-order valence-electron chi connectivity index (χ1n) is 8.44. The molecule has 122 valence electrons. The zero-order valence-electron chi connectivity index (χ0n) is 13.5. The summed E-state index contributed by atoms with van der Waals surface area (Å²) in [7, 11) is 0. The molecule has 0 atom stereocenters. The standard InChI is InChI=1S/C18H23N3O2/c1-13-8-7-11-21-16(13)19-12-15(18(21)23)17(22)20-14-9-5-3-2-4-6-10-14/h7-8,11-12,14H,2-6,9-10H2,1H3,(H,20,22). The summed E-state index contributed by atoms with van der Waals surface area (Å²) in [6.45, 7) is 1.90. The lowest BCUT2D eigenvalue weighted by Crippen LogP contribution is -2.38. The van der Waals surface area contributed by atoms with Crippen molar-refractivity contribution >= 4 is 11.6 Å². The van der Waals surface area contributed by atoms with Crippen molar-refractivity contribution in [1.82, 2.24) is 14.7 Å². The maximum absolute atomic E-state index is 12.5. The van der Waals surface area contributed by atoms with Crippen molar-refractivity contribution in [2.75, 3.05) is 0 Å². The zero-order valence-corrected chi connectivity index (χ0v) is 13.5. The van der Waals surface area contributed by atoms with Crippen LogP contribution < -0.4 is 10.9 Å². The third-order valence-corrected chi connectivity index (χ3v) is 4.61. The van der Waals surface area contributed by atoms with E-state index in [2.05, 4.69) is 10.3 Å². The largest absolute Gasteiger partial charge is 0.349 e. The number of fused-ring (bicyclic) bond motifs is 1. The smallest absolute Gasteiger partial charge is 0.270 e. The van der Waals surface area contributed by atoms with Crippen LogP contribution in [0.3, 0.4) is 0 Å². The van der Waals surface area contributed by atoms with Gasteiger partial charge in [0.15, 0.2) is 0 Å². The average molecular weight is 313 g/mol. The lowest BCUT2D eigenvalue weighted by molar-refractivity contribution is 0.0928. The number of hydrogen-bond acceptors (Lipinski definition) is 3. The van der Waals surface area contributed by atoms with Crippen LogP contribution in [0.15, 0.2) is 29.3 Å². The van der Waals surface area contributed by atoms with E-state index in [0.717, 1.165) is 31.2 Å². The van der Waals surface area contributed by atoms with Gasteiger partial charge in [-0.05, 0) is 31.4 Å². The summed E-state index contributed by atoms with van der Waals surface area (Å²) in [6.07, 6.45) is 11.1. The highest BCUT2D eigenvalue weighted by Gasteiger charge is 2.18. The minimum absolute atomic E-state index is 0.121. The highest BCUT2D eigenvalue weighted by Crippen LogP contribution is 2.17. The molecular weight excluding hydrogens is 290 g/mol. The summed E-state index contributed by atoms with van der Waals surface area (Å²) in [5.41, 5.74) is 1.33. The summed E-state index contributed by atoms with van der Waals surface area (Å²) in [6, 6.07) is 3.86.